The Labute approximate surface area is 157 Å². The molecule has 0 radical (unpaired) electrons. The number of nitrogens with one attached hydrogen (secondary N) is 1. The van der Waals surface area contributed by atoms with Crippen molar-refractivity contribution in [2.24, 2.45) is 0 Å². The Morgan fingerprint density at radius 1 is 1.23 bits per heavy atom. The summed E-state index contributed by atoms with van der Waals surface area (Å²) in [6.07, 6.45) is 0. The van der Waals surface area contributed by atoms with Crippen LogP contribution in [0.15, 0.2) is 0 Å². The van der Waals surface area contributed by atoms with E-state index >= 15 is 0 Å². The number of alkyl halides is 3. The fraction of sp³-hybridized carbons (Fsp3) is 0.909. The minimum Gasteiger partial charge on any atom is -0.358 e. The Morgan fingerprint density at radius 3 is 2.00 bits per heavy atom. The van der Waals surface area contributed by atoms with Gasteiger partial charge in [0.25, 0.3) is 0 Å². The molecular weight excluding hydrogens is 410 g/mol. The number of thioether (sulfide) groups is 1. The zero-order valence-corrected chi connectivity index (χ0v) is 17.8. The Hall–Kier alpha value is 1.22. The van der Waals surface area contributed by atoms with E-state index in [2.05, 4.69) is 5.09 Å². The minimum absolute atomic E-state index is 0.196. The van der Waals surface area contributed by atoms with Gasteiger partial charge >= 0.3 is 7.75 Å². The molecule has 22 heavy (non-hydrogen) atoms. The standard InChI is InChI=1S/C11H22Cl3N2O3PS2/c1-5-16(6-2)10(21)22-9(11(12,13)14)15-20(17,18-7-3)19-8-4/h9H,5-8H2,1-4H3,(H,15,17). The Balaban J connectivity index is 5.14. The Kier molecular flexibility index (Phi) is 11.6. The highest BCUT2D eigenvalue weighted by Crippen LogP contribution is 2.49. The average Bonchev–Trinajstić information content (AvgIpc) is 2.38. The summed E-state index contributed by atoms with van der Waals surface area (Å²) in [6, 6.07) is 0. The second-order valence-corrected chi connectivity index (χ2v) is 9.82. The Morgan fingerprint density at radius 2 is 1.68 bits per heavy atom. The molecule has 0 aliphatic carbocycles. The fourth-order valence-electron chi connectivity index (χ4n) is 1.42. The van der Waals surface area contributed by atoms with Crippen molar-refractivity contribution in [1.82, 2.24) is 9.99 Å². The number of thiocarbonyl (C=S) groups is 1. The van der Waals surface area contributed by atoms with Gasteiger partial charge in [0.05, 0.1) is 13.2 Å². The largest absolute Gasteiger partial charge is 0.406 e. The third-order valence-electron chi connectivity index (χ3n) is 2.41. The Bertz CT molecular complexity index is 385. The van der Waals surface area contributed by atoms with Crippen LogP contribution in [0.4, 0.5) is 0 Å². The molecule has 0 aromatic heterocycles. The van der Waals surface area contributed by atoms with Crippen molar-refractivity contribution in [3.8, 4) is 0 Å². The maximum atomic E-state index is 12.6. The lowest BCUT2D eigenvalue weighted by atomic mass is 10.6. The van der Waals surface area contributed by atoms with Crippen LogP contribution in [0.25, 0.3) is 0 Å². The number of hydrogen-bond acceptors (Lipinski definition) is 5. The molecule has 0 rings (SSSR count). The summed E-state index contributed by atoms with van der Waals surface area (Å²) in [4.78, 5) is 1.93. The molecule has 0 spiro atoms. The van der Waals surface area contributed by atoms with Crippen molar-refractivity contribution >= 4 is 70.8 Å². The van der Waals surface area contributed by atoms with E-state index in [-0.39, 0.29) is 13.2 Å². The first-order chi connectivity index (χ1) is 10.1. The summed E-state index contributed by atoms with van der Waals surface area (Å²) >= 11 is 24.4. The lowest BCUT2D eigenvalue weighted by molar-refractivity contribution is 0.210. The van der Waals surface area contributed by atoms with E-state index in [9.17, 15) is 4.57 Å². The van der Waals surface area contributed by atoms with Gasteiger partial charge in [-0.2, -0.15) is 0 Å². The molecule has 1 N–H and O–H groups in total. The molecule has 5 nitrogen and oxygen atoms in total. The molecule has 132 valence electrons. The first-order valence-corrected chi connectivity index (χ1v) is 10.8. The first kappa shape index (κ1) is 23.2. The highest BCUT2D eigenvalue weighted by Gasteiger charge is 2.40. The molecule has 0 amide bonds. The normalized spacial score (nSPS) is 14.0. The molecule has 0 saturated carbocycles. The first-order valence-electron chi connectivity index (χ1n) is 6.82. The van der Waals surface area contributed by atoms with Gasteiger partial charge in [-0.05, 0) is 27.7 Å². The van der Waals surface area contributed by atoms with Gasteiger partial charge in [-0.1, -0.05) is 58.8 Å². The molecule has 0 heterocycles. The van der Waals surface area contributed by atoms with Crippen LogP contribution in [0, 0.1) is 0 Å². The van der Waals surface area contributed by atoms with Gasteiger partial charge in [-0.3, -0.25) is 9.05 Å². The number of rotatable bonds is 9. The van der Waals surface area contributed by atoms with Crippen molar-refractivity contribution in [1.29, 1.82) is 0 Å². The second kappa shape index (κ2) is 11.0. The van der Waals surface area contributed by atoms with E-state index in [1.165, 1.54) is 0 Å². The van der Waals surface area contributed by atoms with Crippen LogP contribution in [-0.2, 0) is 13.6 Å². The van der Waals surface area contributed by atoms with Crippen LogP contribution in [0.1, 0.15) is 27.7 Å². The number of nitrogens with zero attached hydrogens (tertiary/aromatic N) is 1. The second-order valence-electron chi connectivity index (χ2n) is 3.94. The van der Waals surface area contributed by atoms with E-state index in [4.69, 9.17) is 56.1 Å². The van der Waals surface area contributed by atoms with Gasteiger partial charge in [0, 0.05) is 13.1 Å². The molecular formula is C11H22Cl3N2O3PS2. The van der Waals surface area contributed by atoms with Crippen molar-refractivity contribution in [3.05, 3.63) is 0 Å². The maximum Gasteiger partial charge on any atom is 0.406 e. The molecule has 0 saturated heterocycles. The molecule has 11 heteroatoms. The van der Waals surface area contributed by atoms with Crippen molar-refractivity contribution < 1.29 is 13.6 Å². The summed E-state index contributed by atoms with van der Waals surface area (Å²) in [5, 5.41) is 1.79. The highest BCUT2D eigenvalue weighted by molar-refractivity contribution is 8.23. The van der Waals surface area contributed by atoms with Gasteiger partial charge in [0.15, 0.2) is 0 Å². The zero-order valence-electron chi connectivity index (χ0n) is 13.0. The van der Waals surface area contributed by atoms with Crippen molar-refractivity contribution in [2.45, 2.75) is 36.9 Å². The van der Waals surface area contributed by atoms with Crippen LogP contribution in [0.2, 0.25) is 0 Å². The summed E-state index contributed by atoms with van der Waals surface area (Å²) in [5.74, 6) is 0. The number of hydrogen-bond donors (Lipinski definition) is 1. The quantitative estimate of drug-likeness (QED) is 0.243. The summed E-state index contributed by atoms with van der Waals surface area (Å²) < 4.78 is 21.7. The van der Waals surface area contributed by atoms with Crippen molar-refractivity contribution in [2.75, 3.05) is 26.3 Å². The maximum absolute atomic E-state index is 12.6. The average molecular weight is 432 g/mol. The van der Waals surface area contributed by atoms with Gasteiger partial charge < -0.3 is 4.90 Å². The zero-order chi connectivity index (χ0) is 17.4. The highest BCUT2D eigenvalue weighted by atomic mass is 35.6. The van der Waals surface area contributed by atoms with Crippen LogP contribution in [0.5, 0.6) is 0 Å². The summed E-state index contributed by atoms with van der Waals surface area (Å²) in [5.41, 5.74) is 0. The molecule has 1 unspecified atom stereocenters. The molecule has 0 aliphatic heterocycles. The van der Waals surface area contributed by atoms with Gasteiger partial charge in [0.2, 0.25) is 3.79 Å². The third-order valence-corrected chi connectivity index (χ3v) is 7.11. The monoisotopic (exact) mass is 430 g/mol. The van der Waals surface area contributed by atoms with Crippen LogP contribution in [-0.4, -0.2) is 44.7 Å². The lowest BCUT2D eigenvalue weighted by Gasteiger charge is -2.31. The fourth-order valence-corrected chi connectivity index (χ4v) is 5.48. The summed E-state index contributed by atoms with van der Waals surface area (Å²) in [7, 11) is -3.58. The SMILES string of the molecule is CCOP(=O)(NC(SC(=S)N(CC)CC)C(Cl)(Cl)Cl)OCC. The molecule has 0 fully saturated rings. The topological polar surface area (TPSA) is 50.8 Å². The predicted molar refractivity (Wildman–Crippen MR) is 101 cm³/mol. The van der Waals surface area contributed by atoms with Crippen LogP contribution in [0.3, 0.4) is 0 Å². The van der Waals surface area contributed by atoms with Gasteiger partial charge in [-0.25, -0.2) is 9.65 Å². The molecule has 0 aromatic rings. The third kappa shape index (κ3) is 8.36. The molecule has 0 aliphatic rings. The van der Waals surface area contributed by atoms with Crippen LogP contribution < -0.4 is 5.09 Å². The van der Waals surface area contributed by atoms with E-state index in [0.717, 1.165) is 24.9 Å². The van der Waals surface area contributed by atoms with E-state index in [0.29, 0.717) is 4.32 Å². The lowest BCUT2D eigenvalue weighted by Crippen LogP contribution is -2.40. The predicted octanol–water partition coefficient (Wildman–Crippen LogP) is 4.81. The van der Waals surface area contributed by atoms with Crippen molar-refractivity contribution in [3.63, 3.8) is 0 Å². The molecule has 1 atom stereocenters. The van der Waals surface area contributed by atoms with E-state index < -0.39 is 16.9 Å². The van der Waals surface area contributed by atoms with Gasteiger partial charge in [0.1, 0.15) is 9.69 Å². The molecule has 0 aromatic carbocycles. The van der Waals surface area contributed by atoms with E-state index in [1.54, 1.807) is 13.8 Å². The number of halogens is 3. The van der Waals surface area contributed by atoms with Crippen LogP contribution >= 0.6 is 66.5 Å². The minimum atomic E-state index is -3.58. The smallest absolute Gasteiger partial charge is 0.358 e. The van der Waals surface area contributed by atoms with E-state index in [1.807, 2.05) is 18.7 Å². The molecule has 0 bridgehead atoms. The van der Waals surface area contributed by atoms with Gasteiger partial charge in [-0.15, -0.1) is 0 Å². The summed E-state index contributed by atoms with van der Waals surface area (Å²) in [6.45, 7) is 9.19.